The molecule has 1 aromatic heterocycles. The minimum absolute atomic E-state index is 0.0881. The standard InChI is InChI=1S/C42H46F2N4O7/c1-41(2,3)54-39(51)46-15-7-9-32(46)35(49)18-24-11-14-31-25(17-24)21-34-30-13-12-29(45-37(50)33-10-8-16-47(33)40(52)55-42(4,5)6)23-36(30)53-38(48(31)34)26-19-27(43)22-28(44)20-26/h11-14,17,19-23,32-33,38H,7-10,15-16,18H2,1-6H3,(H,45,50)/t32-,33-,38-/m0/s1. The number of nitrogens with zero attached hydrogens (tertiary/aromatic N) is 3. The Morgan fingerprint density at radius 1 is 0.782 bits per heavy atom. The van der Waals surface area contributed by atoms with E-state index >= 15 is 0 Å². The molecule has 1 N–H and O–H groups in total. The van der Waals surface area contributed by atoms with Crippen LogP contribution in [-0.2, 0) is 25.5 Å². The molecule has 3 atom stereocenters. The van der Waals surface area contributed by atoms with Crippen LogP contribution < -0.4 is 10.1 Å². The van der Waals surface area contributed by atoms with Gasteiger partial charge in [-0.25, -0.2) is 18.4 Å². The summed E-state index contributed by atoms with van der Waals surface area (Å²) in [5.74, 6) is -1.61. The van der Waals surface area contributed by atoms with Gasteiger partial charge in [-0.3, -0.25) is 19.4 Å². The van der Waals surface area contributed by atoms with E-state index in [4.69, 9.17) is 14.2 Å². The van der Waals surface area contributed by atoms with Crippen molar-refractivity contribution in [3.63, 3.8) is 0 Å². The Kier molecular flexibility index (Phi) is 9.85. The van der Waals surface area contributed by atoms with E-state index in [0.29, 0.717) is 67.0 Å². The minimum Gasteiger partial charge on any atom is -0.465 e. The van der Waals surface area contributed by atoms with E-state index in [1.165, 1.54) is 21.9 Å². The molecule has 290 valence electrons. The van der Waals surface area contributed by atoms with Crippen LogP contribution in [0.2, 0.25) is 0 Å². The molecule has 0 saturated carbocycles. The average Bonchev–Trinajstić information content (AvgIpc) is 3.85. The average molecular weight is 757 g/mol. The zero-order valence-electron chi connectivity index (χ0n) is 31.9. The van der Waals surface area contributed by atoms with Crippen LogP contribution in [0.5, 0.6) is 5.75 Å². The van der Waals surface area contributed by atoms with E-state index in [9.17, 15) is 28.0 Å². The molecule has 0 bridgehead atoms. The summed E-state index contributed by atoms with van der Waals surface area (Å²) in [6.07, 6.45) is 0.471. The lowest BCUT2D eigenvalue weighted by Crippen LogP contribution is -2.45. The number of ether oxygens (including phenoxy) is 3. The molecule has 3 aliphatic rings. The summed E-state index contributed by atoms with van der Waals surface area (Å²) in [4.78, 5) is 55.8. The van der Waals surface area contributed by atoms with Crippen molar-refractivity contribution < 1.29 is 42.2 Å². The Morgan fingerprint density at radius 3 is 2.04 bits per heavy atom. The number of ketones is 1. The number of rotatable bonds is 6. The maximum Gasteiger partial charge on any atom is 0.410 e. The van der Waals surface area contributed by atoms with Crippen LogP contribution in [-0.4, -0.2) is 74.6 Å². The fourth-order valence-electron chi connectivity index (χ4n) is 7.64. The van der Waals surface area contributed by atoms with Crippen LogP contribution in [0.25, 0.3) is 22.2 Å². The molecule has 11 nitrogen and oxygen atoms in total. The summed E-state index contributed by atoms with van der Waals surface area (Å²) in [7, 11) is 0. The van der Waals surface area contributed by atoms with E-state index in [-0.39, 0.29) is 23.7 Å². The number of halogens is 2. The number of nitrogens with one attached hydrogen (secondary N) is 1. The number of anilines is 1. The van der Waals surface area contributed by atoms with E-state index in [1.54, 1.807) is 59.7 Å². The molecule has 4 heterocycles. The lowest BCUT2D eigenvalue weighted by Gasteiger charge is -2.31. The second-order valence-electron chi connectivity index (χ2n) is 16.5. The SMILES string of the molecule is CC(C)(C)OC(=O)N1CCC[C@H]1C(=O)Cc1ccc2c(c1)cc1n2[C@H](c2cc(F)cc(F)c2)Oc2cc(NC(=O)[C@@H]3CCCN3C(=O)OC(C)(C)C)ccc2-1. The van der Waals surface area contributed by atoms with Crippen molar-refractivity contribution in [2.45, 2.75) is 103 Å². The highest BCUT2D eigenvalue weighted by Crippen LogP contribution is 2.45. The van der Waals surface area contributed by atoms with Gasteiger partial charge in [-0.15, -0.1) is 0 Å². The molecule has 2 fully saturated rings. The topological polar surface area (TPSA) is 119 Å². The number of likely N-dealkylation sites (tertiary alicyclic amines) is 2. The van der Waals surface area contributed by atoms with Crippen LogP contribution >= 0.6 is 0 Å². The third-order valence-electron chi connectivity index (χ3n) is 9.89. The summed E-state index contributed by atoms with van der Waals surface area (Å²) in [6.45, 7) is 11.5. The van der Waals surface area contributed by atoms with E-state index in [0.717, 1.165) is 17.0 Å². The van der Waals surface area contributed by atoms with Crippen molar-refractivity contribution in [3.05, 3.63) is 83.4 Å². The molecule has 0 unspecified atom stereocenters. The highest BCUT2D eigenvalue weighted by molar-refractivity contribution is 5.98. The number of hydrogen-bond acceptors (Lipinski definition) is 7. The van der Waals surface area contributed by atoms with E-state index in [1.807, 2.05) is 28.8 Å². The number of Topliss-reactive ketones (excluding diaryl/α,β-unsaturated/α-hetero) is 1. The zero-order valence-corrected chi connectivity index (χ0v) is 31.9. The minimum atomic E-state index is -0.984. The van der Waals surface area contributed by atoms with Crippen LogP contribution in [0.4, 0.5) is 24.1 Å². The molecule has 7 rings (SSSR count). The molecule has 3 amide bonds. The number of carbonyl (C=O) groups is 4. The molecular weight excluding hydrogens is 710 g/mol. The molecule has 0 aliphatic carbocycles. The summed E-state index contributed by atoms with van der Waals surface area (Å²) in [6, 6.07) is 14.7. The smallest absolute Gasteiger partial charge is 0.410 e. The largest absolute Gasteiger partial charge is 0.465 e. The lowest BCUT2D eigenvalue weighted by atomic mass is 10.0. The monoisotopic (exact) mass is 756 g/mol. The quantitative estimate of drug-likeness (QED) is 0.210. The van der Waals surface area contributed by atoms with Gasteiger partial charge >= 0.3 is 12.2 Å². The van der Waals surface area contributed by atoms with Crippen molar-refractivity contribution in [3.8, 4) is 17.0 Å². The van der Waals surface area contributed by atoms with Gasteiger partial charge < -0.3 is 24.1 Å². The highest BCUT2D eigenvalue weighted by atomic mass is 19.1. The van der Waals surface area contributed by atoms with Crippen molar-refractivity contribution in [1.82, 2.24) is 14.4 Å². The van der Waals surface area contributed by atoms with Crippen LogP contribution in [0.15, 0.2) is 60.7 Å². The number of benzene rings is 3. The molecule has 4 aromatic rings. The number of aromatic nitrogens is 1. The predicted octanol–water partition coefficient (Wildman–Crippen LogP) is 8.37. The van der Waals surface area contributed by atoms with Gasteiger partial charge in [-0.05, 0) is 115 Å². The molecule has 0 spiro atoms. The maximum atomic E-state index is 14.6. The molecule has 55 heavy (non-hydrogen) atoms. The maximum absolute atomic E-state index is 14.6. The van der Waals surface area contributed by atoms with Crippen molar-refractivity contribution in [1.29, 1.82) is 0 Å². The summed E-state index contributed by atoms with van der Waals surface area (Å²) < 4.78 is 48.7. The first-order valence-electron chi connectivity index (χ1n) is 18.7. The predicted molar refractivity (Wildman–Crippen MR) is 202 cm³/mol. The van der Waals surface area contributed by atoms with Gasteiger partial charge in [0.15, 0.2) is 5.78 Å². The fraction of sp³-hybridized carbons (Fsp3) is 0.429. The summed E-state index contributed by atoms with van der Waals surface area (Å²) >= 11 is 0. The Balaban J connectivity index is 1.18. The molecule has 2 saturated heterocycles. The van der Waals surface area contributed by atoms with Crippen LogP contribution in [0.3, 0.4) is 0 Å². The number of fused-ring (bicyclic) bond motifs is 5. The summed E-state index contributed by atoms with van der Waals surface area (Å²) in [5, 5.41) is 3.69. The first-order chi connectivity index (χ1) is 25.9. The first-order valence-corrected chi connectivity index (χ1v) is 18.7. The lowest BCUT2D eigenvalue weighted by molar-refractivity contribution is -0.122. The van der Waals surface area contributed by atoms with Gasteiger partial charge in [0.1, 0.15) is 34.6 Å². The Bertz CT molecular complexity index is 2170. The Hall–Kier alpha value is -5.46. The number of carbonyl (C=O) groups excluding carboxylic acids is 4. The molecular formula is C42H46F2N4O7. The summed E-state index contributed by atoms with van der Waals surface area (Å²) in [5.41, 5.74) is 2.10. The van der Waals surface area contributed by atoms with Gasteiger partial charge in [0, 0.05) is 53.8 Å². The second kappa shape index (κ2) is 14.3. The fourth-order valence-corrected chi connectivity index (χ4v) is 7.64. The molecule has 3 aliphatic heterocycles. The van der Waals surface area contributed by atoms with Gasteiger partial charge in [-0.2, -0.15) is 0 Å². The molecule has 13 heteroatoms. The Morgan fingerprint density at radius 2 is 1.40 bits per heavy atom. The number of hydrogen-bond donors (Lipinski definition) is 1. The van der Waals surface area contributed by atoms with E-state index < -0.39 is 53.3 Å². The normalized spacial score (nSPS) is 19.5. The van der Waals surface area contributed by atoms with Crippen molar-refractivity contribution in [2.24, 2.45) is 0 Å². The zero-order chi connectivity index (χ0) is 39.4. The molecule has 3 aromatic carbocycles. The van der Waals surface area contributed by atoms with E-state index in [2.05, 4.69) is 5.32 Å². The van der Waals surface area contributed by atoms with Crippen molar-refractivity contribution >= 4 is 40.5 Å². The molecule has 0 radical (unpaired) electrons. The van der Waals surface area contributed by atoms with Gasteiger partial charge in [0.05, 0.1) is 17.3 Å². The Labute approximate surface area is 318 Å². The second-order valence-corrected chi connectivity index (χ2v) is 16.5. The number of amides is 3. The highest BCUT2D eigenvalue weighted by Gasteiger charge is 2.38. The first kappa shape index (κ1) is 37.8. The van der Waals surface area contributed by atoms with Gasteiger partial charge in [0.2, 0.25) is 12.1 Å². The van der Waals surface area contributed by atoms with Crippen molar-refractivity contribution in [2.75, 3.05) is 18.4 Å². The van der Waals surface area contributed by atoms with Gasteiger partial charge in [-0.1, -0.05) is 6.07 Å². The third-order valence-corrected chi connectivity index (χ3v) is 9.89. The third kappa shape index (κ3) is 8.01. The van der Waals surface area contributed by atoms with Gasteiger partial charge in [0.25, 0.3) is 0 Å². The van der Waals surface area contributed by atoms with Crippen LogP contribution in [0, 0.1) is 11.6 Å². The van der Waals surface area contributed by atoms with Crippen LogP contribution in [0.1, 0.15) is 84.6 Å².